The van der Waals surface area contributed by atoms with Crippen molar-refractivity contribution < 1.29 is 45.8 Å². The van der Waals surface area contributed by atoms with Gasteiger partial charge in [-0.3, -0.25) is 4.90 Å². The summed E-state index contributed by atoms with van der Waals surface area (Å²) in [5.41, 5.74) is 0.0599. The zero-order valence-electron chi connectivity index (χ0n) is 19.7. The smallest absolute Gasteiger partial charge is 0.416 e. The number of carboxylic acid groups (broad SMARTS) is 1. The Morgan fingerprint density at radius 1 is 1.00 bits per heavy atom. The molecule has 0 radical (unpaired) electrons. The molecule has 2 aromatic rings. The first-order valence-electron chi connectivity index (χ1n) is 11.6. The number of ether oxygens (including phenoxy) is 1. The molecule has 2 amide bonds. The summed E-state index contributed by atoms with van der Waals surface area (Å²) in [6.45, 7) is 1.25. The van der Waals surface area contributed by atoms with E-state index in [0.717, 1.165) is 30.4 Å². The summed E-state index contributed by atoms with van der Waals surface area (Å²) >= 11 is 0. The molecule has 2 N–H and O–H groups in total. The molecule has 2 aliphatic rings. The second kappa shape index (κ2) is 9.79. The third-order valence-corrected chi connectivity index (χ3v) is 6.66. The fourth-order valence-electron chi connectivity index (χ4n) is 4.97. The fraction of sp³-hybridized carbons (Fsp3) is 0.440. The third kappa shape index (κ3) is 5.78. The molecule has 1 aliphatic heterocycles. The summed E-state index contributed by atoms with van der Waals surface area (Å²) in [6, 6.07) is 3.90. The van der Waals surface area contributed by atoms with E-state index in [9.17, 15) is 41.0 Å². The van der Waals surface area contributed by atoms with Crippen molar-refractivity contribution in [2.24, 2.45) is 0 Å². The molecule has 0 fully saturated rings. The lowest BCUT2D eigenvalue weighted by atomic mass is 9.89. The average Bonchev–Trinajstić information content (AvgIpc) is 3.24. The predicted molar refractivity (Wildman–Crippen MR) is 120 cm³/mol. The van der Waals surface area contributed by atoms with Crippen molar-refractivity contribution in [2.75, 3.05) is 11.5 Å². The largest absolute Gasteiger partial charge is 0.465 e. The van der Waals surface area contributed by atoms with Crippen molar-refractivity contribution in [2.45, 2.75) is 63.5 Å². The molecule has 12 heteroatoms. The standard InChI is InChI=1S/C25H24F6N2O4/c1-13-7-20(19-10-15-3-2-4-16(15)11-21(19)33(13)23(35)36)32-22(34)37-6-5-14-8-17(24(26,27)28)12-18(9-14)25(29,30)31/h8-13,20H,2-7H2,1H3,(H,32,34)(H,35,36)/t13-,20+/m1/s1. The van der Waals surface area contributed by atoms with E-state index in [2.05, 4.69) is 5.32 Å². The van der Waals surface area contributed by atoms with Crippen LogP contribution < -0.4 is 10.2 Å². The highest BCUT2D eigenvalue weighted by atomic mass is 19.4. The predicted octanol–water partition coefficient (Wildman–Crippen LogP) is 6.50. The molecule has 4 rings (SSSR count). The molecule has 6 nitrogen and oxygen atoms in total. The third-order valence-electron chi connectivity index (χ3n) is 6.66. The highest BCUT2D eigenvalue weighted by molar-refractivity contribution is 5.89. The molecule has 0 bridgehead atoms. The first-order chi connectivity index (χ1) is 17.2. The normalized spacial score (nSPS) is 19.3. The van der Waals surface area contributed by atoms with Crippen LogP contribution in [0.5, 0.6) is 0 Å². The number of benzene rings is 2. The quantitative estimate of drug-likeness (QED) is 0.443. The van der Waals surface area contributed by atoms with Crippen LogP contribution in [-0.2, 0) is 36.4 Å². The van der Waals surface area contributed by atoms with Crippen molar-refractivity contribution in [1.29, 1.82) is 0 Å². The SMILES string of the molecule is C[C@@H]1C[C@H](NC(=O)OCCc2cc(C(F)(F)F)cc(C(F)(F)F)c2)c2cc3c(cc2N1C(=O)O)CCC3. The summed E-state index contributed by atoms with van der Waals surface area (Å²) in [5.74, 6) is 0. The zero-order valence-corrected chi connectivity index (χ0v) is 19.7. The Bertz CT molecular complexity index is 1180. The molecule has 0 spiro atoms. The number of amides is 2. The van der Waals surface area contributed by atoms with Crippen LogP contribution in [0.25, 0.3) is 0 Å². The van der Waals surface area contributed by atoms with Crippen LogP contribution in [0.4, 0.5) is 41.6 Å². The molecule has 0 saturated heterocycles. The lowest BCUT2D eigenvalue weighted by Crippen LogP contribution is -2.46. The van der Waals surface area contributed by atoms with E-state index in [-0.39, 0.29) is 24.5 Å². The van der Waals surface area contributed by atoms with E-state index in [1.807, 2.05) is 12.1 Å². The van der Waals surface area contributed by atoms with Crippen LogP contribution in [0.1, 0.15) is 59.2 Å². The number of hydrogen-bond donors (Lipinski definition) is 2. The van der Waals surface area contributed by atoms with E-state index in [1.54, 1.807) is 6.92 Å². The molecule has 0 aromatic heterocycles. The number of carbonyl (C=O) groups excluding carboxylic acids is 1. The molecule has 2 aromatic carbocycles. The number of halogens is 6. The number of fused-ring (bicyclic) bond motifs is 2. The summed E-state index contributed by atoms with van der Waals surface area (Å²) in [4.78, 5) is 25.6. The van der Waals surface area contributed by atoms with Gasteiger partial charge < -0.3 is 15.2 Å². The van der Waals surface area contributed by atoms with Gasteiger partial charge in [-0.05, 0) is 79.1 Å². The summed E-state index contributed by atoms with van der Waals surface area (Å²) in [7, 11) is 0. The van der Waals surface area contributed by atoms with Gasteiger partial charge in [-0.25, -0.2) is 9.59 Å². The van der Waals surface area contributed by atoms with Crippen LogP contribution in [0.2, 0.25) is 0 Å². The van der Waals surface area contributed by atoms with Gasteiger partial charge in [0, 0.05) is 12.5 Å². The Kier molecular flexibility index (Phi) is 7.04. The minimum absolute atomic E-state index is 0.0376. The van der Waals surface area contributed by atoms with Gasteiger partial charge in [-0.1, -0.05) is 6.07 Å². The van der Waals surface area contributed by atoms with E-state index in [0.29, 0.717) is 23.4 Å². The fourth-order valence-corrected chi connectivity index (χ4v) is 4.97. The lowest BCUT2D eigenvalue weighted by Gasteiger charge is -2.38. The summed E-state index contributed by atoms with van der Waals surface area (Å²) in [6.07, 6.45) is -9.47. The Morgan fingerprint density at radius 2 is 1.59 bits per heavy atom. The number of nitrogens with zero attached hydrogens (tertiary/aromatic N) is 1. The second-order valence-corrected chi connectivity index (χ2v) is 9.27. The molecule has 1 aliphatic carbocycles. The van der Waals surface area contributed by atoms with Gasteiger partial charge in [0.2, 0.25) is 0 Å². The van der Waals surface area contributed by atoms with Gasteiger partial charge in [0.25, 0.3) is 0 Å². The Hall–Kier alpha value is -3.44. The van der Waals surface area contributed by atoms with Gasteiger partial charge in [-0.2, -0.15) is 26.3 Å². The lowest BCUT2D eigenvalue weighted by molar-refractivity contribution is -0.143. The van der Waals surface area contributed by atoms with Crippen LogP contribution in [0, 0.1) is 0 Å². The zero-order chi connectivity index (χ0) is 27.1. The minimum atomic E-state index is -4.97. The molecule has 200 valence electrons. The Labute approximate surface area is 208 Å². The topological polar surface area (TPSA) is 78.9 Å². The van der Waals surface area contributed by atoms with Crippen molar-refractivity contribution in [3.05, 3.63) is 63.7 Å². The van der Waals surface area contributed by atoms with Crippen LogP contribution >= 0.6 is 0 Å². The highest BCUT2D eigenvalue weighted by Crippen LogP contribution is 2.41. The van der Waals surface area contributed by atoms with Gasteiger partial charge in [0.05, 0.1) is 29.5 Å². The number of anilines is 1. The van der Waals surface area contributed by atoms with Crippen LogP contribution in [0.15, 0.2) is 30.3 Å². The van der Waals surface area contributed by atoms with E-state index >= 15 is 0 Å². The molecule has 2 atom stereocenters. The average molecular weight is 530 g/mol. The Balaban J connectivity index is 1.46. The van der Waals surface area contributed by atoms with Crippen molar-refractivity contribution in [3.63, 3.8) is 0 Å². The van der Waals surface area contributed by atoms with E-state index in [1.165, 1.54) is 4.90 Å². The number of aryl methyl sites for hydroxylation is 2. The van der Waals surface area contributed by atoms with Gasteiger partial charge >= 0.3 is 24.5 Å². The number of alkyl halides is 6. The first kappa shape index (κ1) is 26.6. The second-order valence-electron chi connectivity index (χ2n) is 9.27. The first-order valence-corrected chi connectivity index (χ1v) is 11.6. The maximum atomic E-state index is 13.1. The maximum Gasteiger partial charge on any atom is 0.416 e. The number of carbonyl (C=O) groups is 2. The van der Waals surface area contributed by atoms with Crippen LogP contribution in [0.3, 0.4) is 0 Å². The van der Waals surface area contributed by atoms with Gasteiger partial charge in [-0.15, -0.1) is 0 Å². The van der Waals surface area contributed by atoms with Crippen LogP contribution in [-0.4, -0.2) is 29.9 Å². The molecular weight excluding hydrogens is 506 g/mol. The van der Waals surface area contributed by atoms with Gasteiger partial charge in [0.15, 0.2) is 0 Å². The number of hydrogen-bond acceptors (Lipinski definition) is 3. The van der Waals surface area contributed by atoms with Crippen molar-refractivity contribution >= 4 is 17.9 Å². The van der Waals surface area contributed by atoms with Gasteiger partial charge in [0.1, 0.15) is 0 Å². The molecule has 37 heavy (non-hydrogen) atoms. The molecule has 1 heterocycles. The van der Waals surface area contributed by atoms with Crippen molar-refractivity contribution in [1.82, 2.24) is 5.32 Å². The molecule has 0 unspecified atom stereocenters. The number of alkyl carbamates (subject to hydrolysis) is 1. The summed E-state index contributed by atoms with van der Waals surface area (Å²) < 4.78 is 83.4. The van der Waals surface area contributed by atoms with E-state index in [4.69, 9.17) is 4.74 Å². The highest BCUT2D eigenvalue weighted by Gasteiger charge is 2.38. The van der Waals surface area contributed by atoms with E-state index < -0.39 is 54.4 Å². The minimum Gasteiger partial charge on any atom is -0.465 e. The monoisotopic (exact) mass is 530 g/mol. The number of nitrogens with one attached hydrogen (secondary N) is 1. The Morgan fingerprint density at radius 3 is 2.16 bits per heavy atom. The van der Waals surface area contributed by atoms with Crippen molar-refractivity contribution in [3.8, 4) is 0 Å². The maximum absolute atomic E-state index is 13.1. The molecule has 0 saturated carbocycles. The summed E-state index contributed by atoms with van der Waals surface area (Å²) in [5, 5.41) is 12.4. The number of rotatable bonds is 4. The molecular formula is C25H24F6N2O4.